The molecule has 0 aliphatic heterocycles. The maximum Gasteiger partial charge on any atom is 0.252 e. The number of rotatable bonds is 11. The summed E-state index contributed by atoms with van der Waals surface area (Å²) in [5.41, 5.74) is 2.26. The monoisotopic (exact) mass is 517 g/mol. The quantitative estimate of drug-likeness (QED) is 0.264. The van der Waals surface area contributed by atoms with Gasteiger partial charge in [0.05, 0.1) is 12.1 Å². The maximum atomic E-state index is 13.1. The zero-order valence-corrected chi connectivity index (χ0v) is 22.6. The second kappa shape index (κ2) is 13.2. The van der Waals surface area contributed by atoms with Crippen LogP contribution in [-0.2, 0) is 11.2 Å². The van der Waals surface area contributed by atoms with Crippen LogP contribution in [0.2, 0.25) is 0 Å². The maximum absolute atomic E-state index is 13.1. The number of phenolic OH excluding ortho intramolecular Hbond substituents is 1. The molecule has 0 saturated carbocycles. The molecule has 7 nitrogen and oxygen atoms in total. The predicted octanol–water partition coefficient (Wildman–Crippen LogP) is 4.04. The van der Waals surface area contributed by atoms with Gasteiger partial charge in [0.1, 0.15) is 11.8 Å². The fourth-order valence-electron chi connectivity index (χ4n) is 4.29. The van der Waals surface area contributed by atoms with E-state index in [1.54, 1.807) is 19.1 Å². The fourth-order valence-corrected chi connectivity index (χ4v) is 4.29. The molecule has 3 aromatic carbocycles. The molecule has 5 N–H and O–H groups in total. The van der Waals surface area contributed by atoms with E-state index in [1.165, 1.54) is 6.07 Å². The van der Waals surface area contributed by atoms with Gasteiger partial charge in [-0.05, 0) is 70.3 Å². The SMILES string of the molecule is Cc1c(O)cccc1C(=O)N[C@@H](Cc1ccccc1)[C@H](O)CCN[C@H](C(=O)NC(C)(C)C)c1ccccc1. The fraction of sp³-hybridized carbons (Fsp3) is 0.355. The molecule has 0 radical (unpaired) electrons. The summed E-state index contributed by atoms with van der Waals surface area (Å²) >= 11 is 0. The number of aliphatic hydroxyl groups is 1. The zero-order chi connectivity index (χ0) is 27.7. The van der Waals surface area contributed by atoms with Crippen LogP contribution < -0.4 is 16.0 Å². The molecule has 0 unspecified atom stereocenters. The van der Waals surface area contributed by atoms with Crippen molar-refractivity contribution in [3.05, 3.63) is 101 Å². The van der Waals surface area contributed by atoms with Crippen LogP contribution >= 0.6 is 0 Å². The zero-order valence-electron chi connectivity index (χ0n) is 22.6. The van der Waals surface area contributed by atoms with Gasteiger partial charge in [-0.25, -0.2) is 0 Å². The number of phenols is 1. The summed E-state index contributed by atoms with van der Waals surface area (Å²) in [6.07, 6.45) is -0.146. The van der Waals surface area contributed by atoms with Crippen molar-refractivity contribution in [3.63, 3.8) is 0 Å². The van der Waals surface area contributed by atoms with Crippen LogP contribution in [0.3, 0.4) is 0 Å². The first-order chi connectivity index (χ1) is 18.0. The molecule has 0 bridgehead atoms. The van der Waals surface area contributed by atoms with Gasteiger partial charge in [0.25, 0.3) is 5.91 Å². The Labute approximate surface area is 225 Å². The molecule has 2 amide bonds. The van der Waals surface area contributed by atoms with Crippen LogP contribution in [0.25, 0.3) is 0 Å². The average molecular weight is 518 g/mol. The Kier molecular flexibility index (Phi) is 10.0. The molecule has 0 heterocycles. The van der Waals surface area contributed by atoms with Gasteiger partial charge in [0.2, 0.25) is 5.91 Å². The minimum absolute atomic E-state index is 0.0440. The summed E-state index contributed by atoms with van der Waals surface area (Å²) in [6.45, 7) is 7.83. The number of carbonyl (C=O) groups excluding carboxylic acids is 2. The molecule has 0 saturated heterocycles. The van der Waals surface area contributed by atoms with Gasteiger partial charge < -0.3 is 26.2 Å². The smallest absolute Gasteiger partial charge is 0.252 e. The van der Waals surface area contributed by atoms with Gasteiger partial charge in [-0.3, -0.25) is 9.59 Å². The molecule has 3 aromatic rings. The van der Waals surface area contributed by atoms with Crippen molar-refractivity contribution in [2.45, 2.75) is 64.3 Å². The molecule has 7 heteroatoms. The lowest BCUT2D eigenvalue weighted by molar-refractivity contribution is -0.124. The molecular formula is C31H39N3O4. The van der Waals surface area contributed by atoms with Crippen molar-refractivity contribution in [1.82, 2.24) is 16.0 Å². The molecular weight excluding hydrogens is 478 g/mol. The number of hydrogen-bond acceptors (Lipinski definition) is 5. The first-order valence-electron chi connectivity index (χ1n) is 13.0. The molecule has 0 spiro atoms. The van der Waals surface area contributed by atoms with E-state index >= 15 is 0 Å². The number of carbonyl (C=O) groups is 2. The lowest BCUT2D eigenvalue weighted by Crippen LogP contribution is -2.48. The Morgan fingerprint density at radius 1 is 0.895 bits per heavy atom. The molecule has 0 aliphatic carbocycles. The minimum Gasteiger partial charge on any atom is -0.508 e. The Bertz CT molecular complexity index is 1190. The van der Waals surface area contributed by atoms with Gasteiger partial charge >= 0.3 is 0 Å². The highest BCUT2D eigenvalue weighted by Crippen LogP contribution is 2.20. The molecule has 0 fully saturated rings. The third-order valence-corrected chi connectivity index (χ3v) is 6.31. The average Bonchev–Trinajstić information content (AvgIpc) is 2.87. The number of amides is 2. The van der Waals surface area contributed by atoms with E-state index in [4.69, 9.17) is 0 Å². The number of benzene rings is 3. The van der Waals surface area contributed by atoms with E-state index in [-0.39, 0.29) is 23.1 Å². The molecule has 38 heavy (non-hydrogen) atoms. The Balaban J connectivity index is 1.73. The van der Waals surface area contributed by atoms with E-state index < -0.39 is 18.2 Å². The predicted molar refractivity (Wildman–Crippen MR) is 150 cm³/mol. The molecule has 3 atom stereocenters. The third-order valence-electron chi connectivity index (χ3n) is 6.31. The van der Waals surface area contributed by atoms with E-state index in [2.05, 4.69) is 16.0 Å². The number of nitrogens with one attached hydrogen (secondary N) is 3. The summed E-state index contributed by atoms with van der Waals surface area (Å²) in [4.78, 5) is 26.2. The third kappa shape index (κ3) is 8.43. The van der Waals surface area contributed by atoms with Gasteiger partial charge in [-0.1, -0.05) is 66.7 Å². The van der Waals surface area contributed by atoms with Crippen LogP contribution in [-0.4, -0.2) is 46.3 Å². The molecule has 202 valence electrons. The van der Waals surface area contributed by atoms with E-state index in [0.717, 1.165) is 11.1 Å². The highest BCUT2D eigenvalue weighted by atomic mass is 16.3. The molecule has 0 aromatic heterocycles. The highest BCUT2D eigenvalue weighted by molar-refractivity contribution is 5.96. The van der Waals surface area contributed by atoms with E-state index in [1.807, 2.05) is 81.4 Å². The Morgan fingerprint density at radius 2 is 1.53 bits per heavy atom. The van der Waals surface area contributed by atoms with E-state index in [0.29, 0.717) is 30.5 Å². The van der Waals surface area contributed by atoms with Gasteiger partial charge in [0.15, 0.2) is 0 Å². The Hall–Kier alpha value is -3.68. The molecule has 3 rings (SSSR count). The minimum atomic E-state index is -0.883. The van der Waals surface area contributed by atoms with Gasteiger partial charge in [-0.2, -0.15) is 0 Å². The summed E-state index contributed by atoms with van der Waals surface area (Å²) < 4.78 is 0. The lowest BCUT2D eigenvalue weighted by Gasteiger charge is -2.28. The summed E-state index contributed by atoms with van der Waals surface area (Å²) in [7, 11) is 0. The van der Waals surface area contributed by atoms with Gasteiger partial charge in [-0.15, -0.1) is 0 Å². The number of hydrogen-bond donors (Lipinski definition) is 5. The highest BCUT2D eigenvalue weighted by Gasteiger charge is 2.26. The summed E-state index contributed by atoms with van der Waals surface area (Å²) in [6, 6.07) is 22.8. The van der Waals surface area contributed by atoms with Crippen LogP contribution in [0.15, 0.2) is 78.9 Å². The second-order valence-electron chi connectivity index (χ2n) is 10.6. The van der Waals surface area contributed by atoms with Gasteiger partial charge in [0, 0.05) is 16.7 Å². The van der Waals surface area contributed by atoms with Crippen molar-refractivity contribution >= 4 is 11.8 Å². The van der Waals surface area contributed by atoms with Crippen molar-refractivity contribution in [2.75, 3.05) is 6.54 Å². The number of aromatic hydroxyl groups is 1. The Morgan fingerprint density at radius 3 is 2.16 bits per heavy atom. The van der Waals surface area contributed by atoms with Crippen LogP contribution in [0.5, 0.6) is 5.75 Å². The van der Waals surface area contributed by atoms with E-state index in [9.17, 15) is 19.8 Å². The topological polar surface area (TPSA) is 111 Å². The normalized spacial score (nSPS) is 13.8. The second-order valence-corrected chi connectivity index (χ2v) is 10.6. The van der Waals surface area contributed by atoms with Crippen LogP contribution in [0, 0.1) is 6.92 Å². The van der Waals surface area contributed by atoms with Crippen LogP contribution in [0.1, 0.15) is 60.3 Å². The summed E-state index contributed by atoms with van der Waals surface area (Å²) in [5.74, 6) is -0.466. The van der Waals surface area contributed by atoms with Crippen molar-refractivity contribution in [1.29, 1.82) is 0 Å². The first kappa shape index (κ1) is 28.9. The largest absolute Gasteiger partial charge is 0.508 e. The standard InChI is InChI=1S/C31H39N3O4/c1-21-24(16-11-17-26(21)35)29(37)33-25(20-22-12-7-5-8-13-22)27(36)18-19-32-28(23-14-9-6-10-15-23)30(38)34-31(2,3)4/h5-17,25,27-28,32,35-36H,18-20H2,1-4H3,(H,33,37)(H,34,38)/t25-,27+,28-/m0/s1. The van der Waals surface area contributed by atoms with Crippen molar-refractivity contribution in [2.24, 2.45) is 0 Å². The molecule has 0 aliphatic rings. The number of aliphatic hydroxyl groups excluding tert-OH is 1. The summed E-state index contributed by atoms with van der Waals surface area (Å²) in [5, 5.41) is 30.5. The lowest BCUT2D eigenvalue weighted by atomic mass is 9.97. The van der Waals surface area contributed by atoms with Crippen molar-refractivity contribution < 1.29 is 19.8 Å². The first-order valence-corrected chi connectivity index (χ1v) is 13.0. The van der Waals surface area contributed by atoms with Crippen LogP contribution in [0.4, 0.5) is 0 Å². The van der Waals surface area contributed by atoms with Crippen molar-refractivity contribution in [3.8, 4) is 5.75 Å².